The second-order valence-corrected chi connectivity index (χ2v) is 9.22. The molecule has 0 radical (unpaired) electrons. The Kier molecular flexibility index (Phi) is 8.24. The molecule has 0 fully saturated rings. The van der Waals surface area contributed by atoms with E-state index in [1.165, 1.54) is 43.5 Å². The number of hydrogen-bond acceptors (Lipinski definition) is 8. The Balaban J connectivity index is 1.74. The van der Waals surface area contributed by atoms with Crippen LogP contribution in [0.4, 0.5) is 11.5 Å². The second kappa shape index (κ2) is 11.3. The Labute approximate surface area is 209 Å². The van der Waals surface area contributed by atoms with E-state index in [4.69, 9.17) is 9.47 Å². The molecule has 1 heterocycles. The summed E-state index contributed by atoms with van der Waals surface area (Å²) in [5, 5.41) is 12.1. The van der Waals surface area contributed by atoms with Gasteiger partial charge in [-0.25, -0.2) is 18.4 Å². The maximum atomic E-state index is 12.7. The molecule has 0 aliphatic heterocycles. The lowest BCUT2D eigenvalue weighted by Crippen LogP contribution is -2.16. The van der Waals surface area contributed by atoms with Gasteiger partial charge in [0.15, 0.2) is 11.5 Å². The first-order valence-electron chi connectivity index (χ1n) is 10.8. The van der Waals surface area contributed by atoms with Gasteiger partial charge in [-0.05, 0) is 68.8 Å². The average molecular weight is 508 g/mol. The molecule has 10 nitrogen and oxygen atoms in total. The van der Waals surface area contributed by atoms with Crippen molar-refractivity contribution in [3.8, 4) is 17.6 Å². The van der Waals surface area contributed by atoms with Crippen LogP contribution in [0.3, 0.4) is 0 Å². The number of benzene rings is 2. The molecule has 0 saturated carbocycles. The summed E-state index contributed by atoms with van der Waals surface area (Å²) in [5.74, 6) is 0.976. The van der Waals surface area contributed by atoms with Crippen LogP contribution in [0.1, 0.15) is 24.0 Å². The third-order valence-electron chi connectivity index (χ3n) is 4.79. The van der Waals surface area contributed by atoms with Gasteiger partial charge < -0.3 is 14.8 Å². The Bertz CT molecular complexity index is 1420. The van der Waals surface area contributed by atoms with Gasteiger partial charge in [0, 0.05) is 17.4 Å². The summed E-state index contributed by atoms with van der Waals surface area (Å²) < 4.78 is 38.6. The maximum Gasteiger partial charge on any atom is 0.266 e. The summed E-state index contributed by atoms with van der Waals surface area (Å²) in [5.41, 5.74) is 1.38. The van der Waals surface area contributed by atoms with Gasteiger partial charge in [0.2, 0.25) is 0 Å². The van der Waals surface area contributed by atoms with Crippen LogP contribution in [0.15, 0.2) is 59.0 Å². The number of rotatable bonds is 9. The van der Waals surface area contributed by atoms with E-state index in [0.717, 1.165) is 0 Å². The quantitative estimate of drug-likeness (QED) is 0.328. The van der Waals surface area contributed by atoms with Gasteiger partial charge in [-0.3, -0.25) is 9.52 Å². The number of anilines is 2. The molecule has 0 saturated heterocycles. The molecule has 0 unspecified atom stereocenters. The Hall–Kier alpha value is -4.43. The SMILES string of the molecule is CCOc1ccc(C=C(C#N)C(=O)Nc2ccc(S(=O)(=O)Nc3cc(C)nc(C)n3)cc2)cc1OC. The van der Waals surface area contributed by atoms with Gasteiger partial charge >= 0.3 is 0 Å². The number of hydrogen-bond donors (Lipinski definition) is 2. The standard InChI is InChI=1S/C25H25N5O5S/c1-5-35-22-11-6-18(14-23(22)34-4)13-19(15-26)25(31)29-20-7-9-21(10-8-20)36(32,33)30-24-12-16(2)27-17(3)28-24/h6-14H,5H2,1-4H3,(H,29,31)(H,27,28,30). The first-order valence-corrected chi connectivity index (χ1v) is 12.3. The van der Waals surface area contributed by atoms with Crippen LogP contribution in [0, 0.1) is 25.2 Å². The highest BCUT2D eigenvalue weighted by Crippen LogP contribution is 2.29. The first kappa shape index (κ1) is 26.2. The summed E-state index contributed by atoms with van der Waals surface area (Å²) in [6.45, 7) is 5.72. The topological polar surface area (TPSA) is 143 Å². The number of carbonyl (C=O) groups is 1. The molecule has 2 aromatic carbocycles. The summed E-state index contributed by atoms with van der Waals surface area (Å²) >= 11 is 0. The minimum absolute atomic E-state index is 0.0213. The molecule has 1 amide bonds. The molecule has 3 aromatic rings. The summed E-state index contributed by atoms with van der Waals surface area (Å²) in [6.07, 6.45) is 1.42. The molecule has 0 spiro atoms. The van der Waals surface area contributed by atoms with E-state index in [1.54, 1.807) is 32.0 Å². The van der Waals surface area contributed by atoms with Crippen LogP contribution in [0.2, 0.25) is 0 Å². The van der Waals surface area contributed by atoms with E-state index in [-0.39, 0.29) is 16.3 Å². The molecule has 3 rings (SSSR count). The van der Waals surface area contributed by atoms with Crippen molar-refractivity contribution in [3.05, 3.63) is 71.2 Å². The minimum Gasteiger partial charge on any atom is -0.493 e. The van der Waals surface area contributed by atoms with Crippen LogP contribution in [0.5, 0.6) is 11.5 Å². The van der Waals surface area contributed by atoms with Crippen molar-refractivity contribution >= 4 is 33.5 Å². The summed E-state index contributed by atoms with van der Waals surface area (Å²) in [4.78, 5) is 20.8. The van der Waals surface area contributed by atoms with Gasteiger partial charge in [0.1, 0.15) is 23.3 Å². The fourth-order valence-corrected chi connectivity index (χ4v) is 4.24. The van der Waals surface area contributed by atoms with Gasteiger partial charge in [-0.1, -0.05) is 6.07 Å². The average Bonchev–Trinajstić information content (AvgIpc) is 2.82. The van der Waals surface area contributed by atoms with E-state index in [9.17, 15) is 18.5 Å². The van der Waals surface area contributed by atoms with Crippen molar-refractivity contribution < 1.29 is 22.7 Å². The Morgan fingerprint density at radius 3 is 2.42 bits per heavy atom. The smallest absolute Gasteiger partial charge is 0.266 e. The van der Waals surface area contributed by atoms with Crippen LogP contribution >= 0.6 is 0 Å². The van der Waals surface area contributed by atoms with Crippen LogP contribution in [-0.2, 0) is 14.8 Å². The van der Waals surface area contributed by atoms with Crippen molar-refractivity contribution in [2.24, 2.45) is 0 Å². The molecule has 2 N–H and O–H groups in total. The van der Waals surface area contributed by atoms with E-state index >= 15 is 0 Å². The van der Waals surface area contributed by atoms with Crippen LogP contribution < -0.4 is 19.5 Å². The number of aromatic nitrogens is 2. The summed E-state index contributed by atoms with van der Waals surface area (Å²) in [7, 11) is -2.41. The molecule has 186 valence electrons. The fraction of sp³-hybridized carbons (Fsp3) is 0.200. The number of ether oxygens (including phenoxy) is 2. The van der Waals surface area contributed by atoms with Gasteiger partial charge in [-0.15, -0.1) is 0 Å². The number of nitrogens with one attached hydrogen (secondary N) is 2. The lowest BCUT2D eigenvalue weighted by Gasteiger charge is -2.10. The molecule has 36 heavy (non-hydrogen) atoms. The third-order valence-corrected chi connectivity index (χ3v) is 6.16. The highest BCUT2D eigenvalue weighted by molar-refractivity contribution is 7.92. The maximum absolute atomic E-state index is 12.7. The fourth-order valence-electron chi connectivity index (χ4n) is 3.25. The molecular formula is C25H25N5O5S. The van der Waals surface area contributed by atoms with Crippen molar-refractivity contribution in [1.29, 1.82) is 5.26 Å². The second-order valence-electron chi connectivity index (χ2n) is 7.54. The number of aryl methyl sites for hydroxylation is 2. The number of carbonyl (C=O) groups excluding carboxylic acids is 1. The Morgan fingerprint density at radius 1 is 1.08 bits per heavy atom. The number of nitriles is 1. The van der Waals surface area contributed by atoms with Crippen LogP contribution in [0.25, 0.3) is 6.08 Å². The minimum atomic E-state index is -3.91. The van der Waals surface area contributed by atoms with Gasteiger partial charge in [0.25, 0.3) is 15.9 Å². The molecule has 0 bridgehead atoms. The normalized spacial score (nSPS) is 11.4. The van der Waals surface area contributed by atoms with Crippen LogP contribution in [-0.4, -0.2) is 38.0 Å². The molecule has 0 aliphatic carbocycles. The zero-order chi connectivity index (χ0) is 26.3. The number of sulfonamides is 1. The monoisotopic (exact) mass is 507 g/mol. The highest BCUT2D eigenvalue weighted by Gasteiger charge is 2.17. The largest absolute Gasteiger partial charge is 0.493 e. The van der Waals surface area contributed by atoms with Crippen molar-refractivity contribution in [1.82, 2.24) is 9.97 Å². The predicted molar refractivity (Wildman–Crippen MR) is 135 cm³/mol. The third kappa shape index (κ3) is 6.58. The Morgan fingerprint density at radius 2 is 1.81 bits per heavy atom. The zero-order valence-corrected chi connectivity index (χ0v) is 21.0. The van der Waals surface area contributed by atoms with Crippen molar-refractivity contribution in [2.45, 2.75) is 25.7 Å². The number of nitrogens with zero attached hydrogens (tertiary/aromatic N) is 3. The number of amides is 1. The predicted octanol–water partition coefficient (Wildman–Crippen LogP) is 3.85. The van der Waals surface area contributed by atoms with Gasteiger partial charge in [0.05, 0.1) is 18.6 Å². The van der Waals surface area contributed by atoms with E-state index in [2.05, 4.69) is 20.0 Å². The first-order chi connectivity index (χ1) is 17.1. The highest BCUT2D eigenvalue weighted by atomic mass is 32.2. The van der Waals surface area contributed by atoms with Crippen molar-refractivity contribution in [2.75, 3.05) is 23.8 Å². The molecular weight excluding hydrogens is 482 g/mol. The zero-order valence-electron chi connectivity index (χ0n) is 20.2. The van der Waals surface area contributed by atoms with Crippen molar-refractivity contribution in [3.63, 3.8) is 0 Å². The molecule has 1 aromatic heterocycles. The number of methoxy groups -OCH3 is 1. The van der Waals surface area contributed by atoms with E-state index in [1.807, 2.05) is 13.0 Å². The molecule has 0 aliphatic rings. The van der Waals surface area contributed by atoms with E-state index in [0.29, 0.717) is 40.9 Å². The van der Waals surface area contributed by atoms with E-state index < -0.39 is 15.9 Å². The molecule has 11 heteroatoms. The van der Waals surface area contributed by atoms with Gasteiger partial charge in [-0.2, -0.15) is 5.26 Å². The summed E-state index contributed by atoms with van der Waals surface area (Å²) in [6, 6.07) is 14.0. The lowest BCUT2D eigenvalue weighted by molar-refractivity contribution is -0.112. The molecule has 0 atom stereocenters. The lowest BCUT2D eigenvalue weighted by atomic mass is 10.1.